The van der Waals surface area contributed by atoms with Gasteiger partial charge in [-0.2, -0.15) is 0 Å². The normalized spacial score (nSPS) is 13.6. The summed E-state index contributed by atoms with van der Waals surface area (Å²) in [6, 6.07) is 14.6. The van der Waals surface area contributed by atoms with Gasteiger partial charge in [0, 0.05) is 6.42 Å². The largest absolute Gasteiger partial charge is 0.491 e. The highest BCUT2D eigenvalue weighted by Crippen LogP contribution is 2.34. The molecular formula is C15H15NO3S. The van der Waals surface area contributed by atoms with Crippen molar-refractivity contribution in [1.29, 1.82) is 0 Å². The van der Waals surface area contributed by atoms with E-state index < -0.39 is 10.0 Å². The number of fused-ring (bicyclic) bond motifs is 1. The Bertz CT molecular complexity index is 711. The molecule has 0 amide bonds. The van der Waals surface area contributed by atoms with E-state index in [1.54, 1.807) is 18.2 Å². The number of hydrogen-bond acceptors (Lipinski definition) is 3. The van der Waals surface area contributed by atoms with Crippen LogP contribution in [0.5, 0.6) is 5.75 Å². The first kappa shape index (κ1) is 13.0. The lowest BCUT2D eigenvalue weighted by molar-refractivity contribution is 0.358. The minimum atomic E-state index is -3.44. The lowest BCUT2D eigenvalue weighted by Crippen LogP contribution is -2.15. The highest BCUT2D eigenvalue weighted by molar-refractivity contribution is 7.91. The average molecular weight is 289 g/mol. The fraction of sp³-hybridized carbons (Fsp3) is 0.200. The van der Waals surface area contributed by atoms with Crippen molar-refractivity contribution in [2.75, 3.05) is 11.3 Å². The third-order valence-electron chi connectivity index (χ3n) is 3.18. The van der Waals surface area contributed by atoms with Gasteiger partial charge in [-0.05, 0) is 17.2 Å². The second-order valence-corrected chi connectivity index (χ2v) is 6.46. The summed E-state index contributed by atoms with van der Waals surface area (Å²) in [6.45, 7) is 0.604. The first-order valence-electron chi connectivity index (χ1n) is 6.43. The summed E-state index contributed by atoms with van der Waals surface area (Å²) in [4.78, 5) is 0. The Balaban J connectivity index is 1.82. The number of hydrogen-bond donors (Lipinski definition) is 1. The van der Waals surface area contributed by atoms with Crippen molar-refractivity contribution in [3.05, 3.63) is 59.7 Å². The predicted molar refractivity (Wildman–Crippen MR) is 78.3 cm³/mol. The minimum Gasteiger partial charge on any atom is -0.491 e. The molecule has 0 fully saturated rings. The summed E-state index contributed by atoms with van der Waals surface area (Å²) < 4.78 is 32.5. The van der Waals surface area contributed by atoms with Gasteiger partial charge >= 0.3 is 0 Å². The molecule has 0 atom stereocenters. The molecule has 0 saturated carbocycles. The zero-order valence-corrected chi connectivity index (χ0v) is 11.7. The maximum absolute atomic E-state index is 12.2. The van der Waals surface area contributed by atoms with Gasteiger partial charge in [0.05, 0.1) is 18.0 Å². The van der Waals surface area contributed by atoms with E-state index in [9.17, 15) is 8.42 Å². The number of anilines is 1. The summed E-state index contributed by atoms with van der Waals surface area (Å²) in [5.74, 6) is 0.612. The molecule has 0 aromatic heterocycles. The lowest BCUT2D eigenvalue weighted by Gasteiger charge is -2.11. The van der Waals surface area contributed by atoms with Gasteiger partial charge in [0.25, 0.3) is 0 Å². The number of benzene rings is 2. The topological polar surface area (TPSA) is 55.4 Å². The van der Waals surface area contributed by atoms with Crippen molar-refractivity contribution < 1.29 is 13.2 Å². The molecule has 0 bridgehead atoms. The highest BCUT2D eigenvalue weighted by atomic mass is 32.2. The smallest absolute Gasteiger partial charge is 0.237 e. The van der Waals surface area contributed by atoms with Gasteiger partial charge in [0.15, 0.2) is 0 Å². The van der Waals surface area contributed by atoms with Crippen LogP contribution in [-0.4, -0.2) is 15.0 Å². The molecule has 0 radical (unpaired) electrons. The molecule has 0 unspecified atom stereocenters. The van der Waals surface area contributed by atoms with Crippen molar-refractivity contribution in [3.8, 4) is 5.75 Å². The van der Waals surface area contributed by atoms with Crippen molar-refractivity contribution in [2.45, 2.75) is 12.2 Å². The van der Waals surface area contributed by atoms with Crippen LogP contribution in [0.4, 0.5) is 5.69 Å². The lowest BCUT2D eigenvalue weighted by atomic mass is 10.1. The van der Waals surface area contributed by atoms with Gasteiger partial charge in [-0.3, -0.25) is 4.72 Å². The fourth-order valence-electron chi connectivity index (χ4n) is 2.29. The van der Waals surface area contributed by atoms with Crippen LogP contribution < -0.4 is 9.46 Å². The van der Waals surface area contributed by atoms with Crippen LogP contribution in [-0.2, 0) is 22.2 Å². The summed E-state index contributed by atoms with van der Waals surface area (Å²) in [7, 11) is -3.44. The van der Waals surface area contributed by atoms with Gasteiger partial charge in [0.2, 0.25) is 10.0 Å². The Morgan fingerprint density at radius 1 is 1.05 bits per heavy atom. The number of ether oxygens (including phenoxy) is 1. The highest BCUT2D eigenvalue weighted by Gasteiger charge is 2.19. The maximum Gasteiger partial charge on any atom is 0.237 e. The van der Waals surface area contributed by atoms with E-state index in [2.05, 4.69) is 4.72 Å². The van der Waals surface area contributed by atoms with E-state index in [0.29, 0.717) is 18.0 Å². The fourth-order valence-corrected chi connectivity index (χ4v) is 3.49. The van der Waals surface area contributed by atoms with Crippen molar-refractivity contribution >= 4 is 15.7 Å². The van der Waals surface area contributed by atoms with Crippen LogP contribution >= 0.6 is 0 Å². The Labute approximate surface area is 118 Å². The van der Waals surface area contributed by atoms with Gasteiger partial charge in [-0.15, -0.1) is 0 Å². The van der Waals surface area contributed by atoms with Crippen LogP contribution in [0, 0.1) is 0 Å². The van der Waals surface area contributed by atoms with Crippen LogP contribution in [0.25, 0.3) is 0 Å². The molecule has 0 aliphatic carbocycles. The van der Waals surface area contributed by atoms with Crippen molar-refractivity contribution in [1.82, 2.24) is 0 Å². The van der Waals surface area contributed by atoms with Gasteiger partial charge in [-0.1, -0.05) is 42.5 Å². The van der Waals surface area contributed by atoms with Crippen LogP contribution in [0.15, 0.2) is 48.5 Å². The molecule has 0 saturated heterocycles. The molecule has 4 nitrogen and oxygen atoms in total. The van der Waals surface area contributed by atoms with Crippen LogP contribution in [0.3, 0.4) is 0 Å². The monoisotopic (exact) mass is 289 g/mol. The van der Waals surface area contributed by atoms with Crippen LogP contribution in [0.2, 0.25) is 0 Å². The number of nitrogens with one attached hydrogen (secondary N) is 1. The number of sulfonamides is 1. The molecule has 2 aromatic rings. The van der Waals surface area contributed by atoms with Gasteiger partial charge < -0.3 is 4.74 Å². The quantitative estimate of drug-likeness (QED) is 0.941. The second-order valence-electron chi connectivity index (χ2n) is 4.74. The Morgan fingerprint density at radius 2 is 1.85 bits per heavy atom. The molecule has 1 aliphatic rings. The molecule has 2 aromatic carbocycles. The minimum absolute atomic E-state index is 0.0441. The summed E-state index contributed by atoms with van der Waals surface area (Å²) >= 11 is 0. The zero-order valence-electron chi connectivity index (χ0n) is 10.9. The van der Waals surface area contributed by atoms with E-state index >= 15 is 0 Å². The average Bonchev–Trinajstić information content (AvgIpc) is 2.88. The molecule has 104 valence electrons. The summed E-state index contributed by atoms with van der Waals surface area (Å²) in [5, 5.41) is 0. The molecule has 1 heterocycles. The molecule has 1 aliphatic heterocycles. The first-order chi connectivity index (χ1) is 9.64. The Kier molecular flexibility index (Phi) is 3.36. The second kappa shape index (κ2) is 5.17. The standard InChI is InChI=1S/C15H15NO3S/c17-20(18,11-12-5-2-1-3-6-12)16-14-8-4-7-13-9-10-19-15(13)14/h1-8,16H,9-11H2. The molecular weight excluding hydrogens is 274 g/mol. The molecule has 3 rings (SSSR count). The summed E-state index contributed by atoms with van der Waals surface area (Å²) in [5.41, 5.74) is 2.33. The molecule has 0 spiro atoms. The number of rotatable bonds is 4. The zero-order chi connectivity index (χ0) is 14.0. The Hall–Kier alpha value is -2.01. The van der Waals surface area contributed by atoms with Gasteiger partial charge in [0.1, 0.15) is 5.75 Å². The van der Waals surface area contributed by atoms with Crippen molar-refractivity contribution in [3.63, 3.8) is 0 Å². The van der Waals surface area contributed by atoms with E-state index in [1.807, 2.05) is 30.3 Å². The third kappa shape index (κ3) is 2.77. The van der Waals surface area contributed by atoms with Crippen LogP contribution in [0.1, 0.15) is 11.1 Å². The summed E-state index contributed by atoms with van der Waals surface area (Å²) in [6.07, 6.45) is 0.823. The molecule has 20 heavy (non-hydrogen) atoms. The SMILES string of the molecule is O=S(=O)(Cc1ccccc1)Nc1cccc2c1OCC2. The number of para-hydroxylation sites is 1. The van der Waals surface area contributed by atoms with E-state index in [-0.39, 0.29) is 5.75 Å². The predicted octanol–water partition coefficient (Wildman–Crippen LogP) is 2.56. The van der Waals surface area contributed by atoms with Gasteiger partial charge in [-0.25, -0.2) is 8.42 Å². The van der Waals surface area contributed by atoms with E-state index in [1.165, 1.54) is 0 Å². The third-order valence-corrected chi connectivity index (χ3v) is 4.42. The first-order valence-corrected chi connectivity index (χ1v) is 8.08. The van der Waals surface area contributed by atoms with Crippen molar-refractivity contribution in [2.24, 2.45) is 0 Å². The molecule has 1 N–H and O–H groups in total. The Morgan fingerprint density at radius 3 is 2.65 bits per heavy atom. The molecule has 5 heteroatoms. The maximum atomic E-state index is 12.2. The van der Waals surface area contributed by atoms with E-state index in [0.717, 1.165) is 17.5 Å². The van der Waals surface area contributed by atoms with E-state index in [4.69, 9.17) is 4.74 Å².